The standard InChI is InChI=1S/C34H41NO4/c1-23-14-15-29-33(2,18-16-30-34(29,3)22-38-32(39-30)25-12-8-5-9-13-25)27(23)20-28(26-17-19-37-31(26)36)35-21-24-10-6-4-7-11-24/h4-13,17,27-30,32,35H,1,14-16,18-22H2,2-3H3/t27-,28?,29?,30?,32?,33+,34-/m0/s1. The van der Waals surface area contributed by atoms with Crippen molar-refractivity contribution >= 4 is 5.97 Å². The van der Waals surface area contributed by atoms with Gasteiger partial charge in [-0.3, -0.25) is 0 Å². The summed E-state index contributed by atoms with van der Waals surface area (Å²) in [6.45, 7) is 11.2. The summed E-state index contributed by atoms with van der Waals surface area (Å²) in [5.74, 6) is 0.555. The van der Waals surface area contributed by atoms with E-state index < -0.39 is 0 Å². The number of hydrogen-bond donors (Lipinski definition) is 1. The fourth-order valence-electron chi connectivity index (χ4n) is 8.10. The van der Waals surface area contributed by atoms with Crippen LogP contribution in [0.2, 0.25) is 0 Å². The van der Waals surface area contributed by atoms with Crippen molar-refractivity contribution in [3.8, 4) is 0 Å². The van der Waals surface area contributed by atoms with E-state index in [4.69, 9.17) is 14.2 Å². The van der Waals surface area contributed by atoms with Gasteiger partial charge in [0.15, 0.2) is 6.29 Å². The van der Waals surface area contributed by atoms with E-state index in [1.54, 1.807) is 0 Å². The van der Waals surface area contributed by atoms with E-state index in [2.05, 4.69) is 62.1 Å². The van der Waals surface area contributed by atoms with Crippen LogP contribution in [0.4, 0.5) is 0 Å². The zero-order chi connectivity index (χ0) is 27.0. The van der Waals surface area contributed by atoms with Gasteiger partial charge in [-0.2, -0.15) is 0 Å². The van der Waals surface area contributed by atoms with Crippen molar-refractivity contribution in [2.24, 2.45) is 22.7 Å². The topological polar surface area (TPSA) is 56.8 Å². The molecule has 5 heteroatoms. The largest absolute Gasteiger partial charge is 0.458 e. The molecule has 206 valence electrons. The molecule has 2 heterocycles. The molecule has 0 spiro atoms. The maximum Gasteiger partial charge on any atom is 0.335 e. The number of ether oxygens (including phenoxy) is 3. The Hall–Kier alpha value is -2.73. The molecule has 0 bridgehead atoms. The van der Waals surface area contributed by atoms with E-state index in [9.17, 15) is 4.79 Å². The normalized spacial score (nSPS) is 35.0. The summed E-state index contributed by atoms with van der Waals surface area (Å²) in [6, 6.07) is 20.6. The van der Waals surface area contributed by atoms with Gasteiger partial charge in [-0.15, -0.1) is 0 Å². The highest BCUT2D eigenvalue weighted by atomic mass is 16.7. The van der Waals surface area contributed by atoms with Crippen LogP contribution >= 0.6 is 0 Å². The number of esters is 1. The maximum absolute atomic E-state index is 12.7. The van der Waals surface area contributed by atoms with Crippen LogP contribution in [0.15, 0.2) is 84.5 Å². The first-order valence-corrected chi connectivity index (χ1v) is 14.5. The summed E-state index contributed by atoms with van der Waals surface area (Å²) < 4.78 is 18.5. The summed E-state index contributed by atoms with van der Waals surface area (Å²) in [4.78, 5) is 12.7. The summed E-state index contributed by atoms with van der Waals surface area (Å²) in [5.41, 5.74) is 4.37. The number of rotatable bonds is 7. The highest BCUT2D eigenvalue weighted by Crippen LogP contribution is 2.64. The number of carbonyl (C=O) groups is 1. The minimum absolute atomic E-state index is 0.0582. The Kier molecular flexibility index (Phi) is 7.26. The van der Waals surface area contributed by atoms with E-state index in [0.717, 1.165) is 43.2 Å². The van der Waals surface area contributed by atoms with Crippen LogP contribution in [-0.2, 0) is 25.5 Å². The van der Waals surface area contributed by atoms with Crippen molar-refractivity contribution in [1.29, 1.82) is 0 Å². The predicted octanol–water partition coefficient (Wildman–Crippen LogP) is 6.52. The number of allylic oxidation sites excluding steroid dienone is 1. The zero-order valence-electron chi connectivity index (χ0n) is 23.2. The molecule has 1 saturated heterocycles. The third-order valence-electron chi connectivity index (χ3n) is 10.2. The Morgan fingerprint density at radius 3 is 2.49 bits per heavy atom. The minimum atomic E-state index is -0.296. The van der Waals surface area contributed by atoms with Crippen LogP contribution in [0, 0.1) is 22.7 Å². The lowest BCUT2D eigenvalue weighted by atomic mass is 9.45. The van der Waals surface area contributed by atoms with Crippen LogP contribution in [0.5, 0.6) is 0 Å². The molecule has 0 aromatic heterocycles. The van der Waals surface area contributed by atoms with Crippen molar-refractivity contribution < 1.29 is 19.0 Å². The fourth-order valence-corrected chi connectivity index (χ4v) is 8.10. The van der Waals surface area contributed by atoms with Crippen LogP contribution < -0.4 is 5.32 Å². The van der Waals surface area contributed by atoms with Crippen molar-refractivity contribution in [3.63, 3.8) is 0 Å². The number of cyclic esters (lactones) is 1. The fraction of sp³-hybridized carbons (Fsp3) is 0.500. The molecule has 2 aliphatic carbocycles. The van der Waals surface area contributed by atoms with Crippen molar-refractivity contribution in [1.82, 2.24) is 5.32 Å². The van der Waals surface area contributed by atoms with Crippen molar-refractivity contribution in [3.05, 3.63) is 95.6 Å². The number of hydrogen-bond acceptors (Lipinski definition) is 5. The molecule has 4 aliphatic rings. The monoisotopic (exact) mass is 527 g/mol. The molecule has 0 radical (unpaired) electrons. The van der Waals surface area contributed by atoms with Gasteiger partial charge in [0, 0.05) is 23.6 Å². The Morgan fingerprint density at radius 2 is 1.77 bits per heavy atom. The summed E-state index contributed by atoms with van der Waals surface area (Å²) >= 11 is 0. The summed E-state index contributed by atoms with van der Waals surface area (Å²) in [6.07, 6.45) is 6.87. The van der Waals surface area contributed by atoms with Crippen LogP contribution in [-0.4, -0.2) is 31.3 Å². The Balaban J connectivity index is 1.23. The number of benzene rings is 2. The SMILES string of the molecule is C=C1CCC2[C@]3(C)COC(c4ccccc4)OC3CC[C@]2(C)[C@H]1CC(NCc1ccccc1)C1=CCOC1=O. The second-order valence-electron chi connectivity index (χ2n) is 12.4. The van der Waals surface area contributed by atoms with Gasteiger partial charge in [0.25, 0.3) is 0 Å². The van der Waals surface area contributed by atoms with Gasteiger partial charge < -0.3 is 19.5 Å². The van der Waals surface area contributed by atoms with E-state index in [0.29, 0.717) is 31.6 Å². The number of nitrogens with one attached hydrogen (secondary N) is 1. The molecule has 5 nitrogen and oxygen atoms in total. The first kappa shape index (κ1) is 26.5. The van der Waals surface area contributed by atoms with E-state index in [1.165, 1.54) is 11.1 Å². The molecule has 3 fully saturated rings. The molecule has 2 aliphatic heterocycles. The lowest BCUT2D eigenvalue weighted by Crippen LogP contribution is -2.60. The molecule has 6 rings (SSSR count). The van der Waals surface area contributed by atoms with Crippen molar-refractivity contribution in [2.75, 3.05) is 13.2 Å². The average Bonchev–Trinajstić information content (AvgIpc) is 3.38. The molecular weight excluding hydrogens is 486 g/mol. The van der Waals surface area contributed by atoms with E-state index in [1.807, 2.05) is 30.3 Å². The second-order valence-corrected chi connectivity index (χ2v) is 12.4. The summed E-state index contributed by atoms with van der Waals surface area (Å²) in [5, 5.41) is 3.72. The van der Waals surface area contributed by atoms with E-state index >= 15 is 0 Å². The molecule has 1 N–H and O–H groups in total. The minimum Gasteiger partial charge on any atom is -0.458 e. The first-order chi connectivity index (χ1) is 18.9. The Morgan fingerprint density at radius 1 is 1.03 bits per heavy atom. The number of fused-ring (bicyclic) bond motifs is 3. The first-order valence-electron chi connectivity index (χ1n) is 14.5. The third kappa shape index (κ3) is 4.90. The predicted molar refractivity (Wildman–Crippen MR) is 152 cm³/mol. The smallest absolute Gasteiger partial charge is 0.335 e. The molecule has 0 amide bonds. The average molecular weight is 528 g/mol. The van der Waals surface area contributed by atoms with Crippen LogP contribution in [0.25, 0.3) is 0 Å². The van der Waals surface area contributed by atoms with Gasteiger partial charge in [0.2, 0.25) is 0 Å². The Bertz CT molecular complexity index is 1230. The molecular formula is C34H41NO4. The van der Waals surface area contributed by atoms with Gasteiger partial charge >= 0.3 is 5.97 Å². The van der Waals surface area contributed by atoms with E-state index in [-0.39, 0.29) is 35.2 Å². The summed E-state index contributed by atoms with van der Waals surface area (Å²) in [7, 11) is 0. The molecule has 2 aromatic rings. The van der Waals surface area contributed by atoms with Gasteiger partial charge in [-0.05, 0) is 61.0 Å². The molecule has 2 saturated carbocycles. The Labute approximate surface area is 232 Å². The lowest BCUT2D eigenvalue weighted by Gasteiger charge is -2.63. The van der Waals surface area contributed by atoms with Crippen LogP contribution in [0.1, 0.15) is 63.4 Å². The molecule has 7 atom stereocenters. The van der Waals surface area contributed by atoms with Crippen molar-refractivity contribution in [2.45, 2.75) is 70.9 Å². The molecule has 4 unspecified atom stereocenters. The maximum atomic E-state index is 12.7. The van der Waals surface area contributed by atoms with Gasteiger partial charge in [-0.1, -0.05) is 86.7 Å². The lowest BCUT2D eigenvalue weighted by molar-refractivity contribution is -0.307. The quantitative estimate of drug-likeness (QED) is 0.328. The van der Waals surface area contributed by atoms with Crippen LogP contribution in [0.3, 0.4) is 0 Å². The number of carbonyl (C=O) groups excluding carboxylic acids is 1. The molecule has 39 heavy (non-hydrogen) atoms. The third-order valence-corrected chi connectivity index (χ3v) is 10.2. The highest BCUT2D eigenvalue weighted by molar-refractivity contribution is 5.91. The molecule has 2 aromatic carbocycles. The van der Waals surface area contributed by atoms with Gasteiger partial charge in [0.1, 0.15) is 6.61 Å². The zero-order valence-corrected chi connectivity index (χ0v) is 23.2. The van der Waals surface area contributed by atoms with Gasteiger partial charge in [-0.25, -0.2) is 4.79 Å². The highest BCUT2D eigenvalue weighted by Gasteiger charge is 2.60. The second kappa shape index (κ2) is 10.7. The van der Waals surface area contributed by atoms with Gasteiger partial charge in [0.05, 0.1) is 18.3 Å².